The molecule has 0 aliphatic heterocycles. The van der Waals surface area contributed by atoms with Crippen molar-refractivity contribution >= 4 is 59.9 Å². The molecule has 0 unspecified atom stereocenters. The summed E-state index contributed by atoms with van der Waals surface area (Å²) in [5, 5.41) is 8.66. The molecule has 0 bridgehead atoms. The normalized spacial score (nSPS) is 11.9. The molecule has 190 valence electrons. The summed E-state index contributed by atoms with van der Waals surface area (Å²) in [6.07, 6.45) is 0. The first-order valence-corrected chi connectivity index (χ1v) is 14.1. The molecule has 0 saturated carbocycles. The summed E-state index contributed by atoms with van der Waals surface area (Å²) in [7, 11) is 0. The minimum absolute atomic E-state index is 1.01. The number of hydrogen-bond acceptors (Lipinski definition) is 1. The summed E-state index contributed by atoms with van der Waals surface area (Å²) in [5.74, 6) is 0. The van der Waals surface area contributed by atoms with Gasteiger partial charge in [0.2, 0.25) is 0 Å². The van der Waals surface area contributed by atoms with Gasteiger partial charge in [-0.05, 0) is 67.4 Å². The second-order valence-corrected chi connectivity index (χ2v) is 10.8. The maximum Gasteiger partial charge on any atom is 0.147 e. The highest BCUT2D eigenvalue weighted by Crippen LogP contribution is 2.40. The molecule has 2 heterocycles. The van der Waals surface area contributed by atoms with Crippen LogP contribution in [0.3, 0.4) is 0 Å². The van der Waals surface area contributed by atoms with Gasteiger partial charge in [0.15, 0.2) is 0 Å². The minimum atomic E-state index is 1.01. The molecule has 0 saturated heterocycles. The van der Waals surface area contributed by atoms with Crippen molar-refractivity contribution in [2.24, 2.45) is 0 Å². The first kappa shape index (κ1) is 22.4. The van der Waals surface area contributed by atoms with Gasteiger partial charge in [-0.25, -0.2) is 4.98 Å². The summed E-state index contributed by atoms with van der Waals surface area (Å²) in [5.41, 5.74) is 9.25. The van der Waals surface area contributed by atoms with E-state index in [1.165, 1.54) is 65.5 Å². The Bertz CT molecular complexity index is 2470. The third kappa shape index (κ3) is 3.22. The standard InChI is InChI=1S/C39H24N2/c1-2-10-25(11-3-1)28-22-23-29(32-15-7-6-14-31(28)32)27-19-20-33-34-21-18-26-12-4-5-13-30(26)38(34)39-40-35-16-8-9-17-36(35)41(39)37(33)24-27/h1-24H. The Kier molecular flexibility index (Phi) is 4.64. The van der Waals surface area contributed by atoms with Gasteiger partial charge in [0, 0.05) is 10.8 Å². The van der Waals surface area contributed by atoms with Gasteiger partial charge in [0.25, 0.3) is 0 Å². The van der Waals surface area contributed by atoms with Gasteiger partial charge in [-0.1, -0.05) is 127 Å². The average Bonchev–Trinajstić information content (AvgIpc) is 3.44. The van der Waals surface area contributed by atoms with Gasteiger partial charge >= 0.3 is 0 Å². The van der Waals surface area contributed by atoms with E-state index in [4.69, 9.17) is 4.98 Å². The van der Waals surface area contributed by atoms with Crippen LogP contribution in [0, 0.1) is 0 Å². The van der Waals surface area contributed by atoms with E-state index < -0.39 is 0 Å². The summed E-state index contributed by atoms with van der Waals surface area (Å²) in [4.78, 5) is 5.20. The fourth-order valence-electron chi connectivity index (χ4n) is 6.71. The van der Waals surface area contributed by atoms with Crippen LogP contribution in [0.4, 0.5) is 0 Å². The van der Waals surface area contributed by atoms with Crippen molar-refractivity contribution in [3.63, 3.8) is 0 Å². The molecule has 0 amide bonds. The number of rotatable bonds is 2. The highest BCUT2D eigenvalue weighted by Gasteiger charge is 2.17. The number of fused-ring (bicyclic) bond motifs is 11. The molecule has 0 aliphatic carbocycles. The molecule has 2 aromatic heterocycles. The van der Waals surface area contributed by atoms with Crippen molar-refractivity contribution in [3.8, 4) is 22.3 Å². The lowest BCUT2D eigenvalue weighted by atomic mass is 9.91. The van der Waals surface area contributed by atoms with Crippen LogP contribution in [0.1, 0.15) is 0 Å². The maximum absolute atomic E-state index is 5.20. The van der Waals surface area contributed by atoms with Crippen LogP contribution in [0.5, 0.6) is 0 Å². The van der Waals surface area contributed by atoms with E-state index in [0.29, 0.717) is 0 Å². The Morgan fingerprint density at radius 2 is 1.07 bits per heavy atom. The van der Waals surface area contributed by atoms with Crippen LogP contribution in [-0.2, 0) is 0 Å². The summed E-state index contributed by atoms with van der Waals surface area (Å²) in [6.45, 7) is 0. The zero-order valence-electron chi connectivity index (χ0n) is 22.3. The smallest absolute Gasteiger partial charge is 0.147 e. The molecule has 0 radical (unpaired) electrons. The molecule has 0 aliphatic rings. The zero-order chi connectivity index (χ0) is 26.9. The average molecular weight is 521 g/mol. The topological polar surface area (TPSA) is 17.3 Å². The van der Waals surface area contributed by atoms with E-state index in [1.54, 1.807) is 0 Å². The van der Waals surface area contributed by atoms with Gasteiger partial charge in [-0.2, -0.15) is 0 Å². The van der Waals surface area contributed by atoms with E-state index in [1.807, 2.05) is 0 Å². The lowest BCUT2D eigenvalue weighted by Crippen LogP contribution is -1.94. The molecule has 9 rings (SSSR count). The maximum atomic E-state index is 5.20. The van der Waals surface area contributed by atoms with Crippen LogP contribution in [-0.4, -0.2) is 9.38 Å². The first-order valence-electron chi connectivity index (χ1n) is 14.1. The largest absolute Gasteiger partial charge is 0.292 e. The minimum Gasteiger partial charge on any atom is -0.292 e. The molecular weight excluding hydrogens is 496 g/mol. The Morgan fingerprint density at radius 1 is 0.415 bits per heavy atom. The van der Waals surface area contributed by atoms with Crippen molar-refractivity contribution in [1.29, 1.82) is 0 Å². The number of imidazole rings is 1. The molecule has 0 spiro atoms. The summed E-state index contributed by atoms with van der Waals surface area (Å²) < 4.78 is 2.36. The molecule has 9 aromatic rings. The van der Waals surface area contributed by atoms with E-state index in [0.717, 1.165) is 16.7 Å². The Hall–Kier alpha value is -5.47. The Morgan fingerprint density at radius 3 is 1.90 bits per heavy atom. The lowest BCUT2D eigenvalue weighted by molar-refractivity contribution is 1.32. The highest BCUT2D eigenvalue weighted by molar-refractivity contribution is 6.23. The Labute approximate surface area is 236 Å². The SMILES string of the molecule is c1ccc(-c2ccc(-c3ccc4c5ccc6ccccc6c5c5nc6ccccc6n5c4c3)c3ccccc23)cc1. The number of hydrogen-bond donors (Lipinski definition) is 0. The molecule has 2 heteroatoms. The van der Waals surface area contributed by atoms with Crippen molar-refractivity contribution in [2.75, 3.05) is 0 Å². The van der Waals surface area contributed by atoms with Crippen molar-refractivity contribution in [2.45, 2.75) is 0 Å². The van der Waals surface area contributed by atoms with Gasteiger partial charge in [0.1, 0.15) is 5.65 Å². The van der Waals surface area contributed by atoms with Crippen molar-refractivity contribution < 1.29 is 0 Å². The van der Waals surface area contributed by atoms with Crippen molar-refractivity contribution in [3.05, 3.63) is 146 Å². The van der Waals surface area contributed by atoms with Gasteiger partial charge in [-0.3, -0.25) is 4.40 Å². The predicted octanol–water partition coefficient (Wildman–Crippen LogP) is 10.4. The fourth-order valence-corrected chi connectivity index (χ4v) is 6.71. The third-order valence-electron chi connectivity index (χ3n) is 8.56. The summed E-state index contributed by atoms with van der Waals surface area (Å²) in [6, 6.07) is 52.5. The second-order valence-electron chi connectivity index (χ2n) is 10.8. The zero-order valence-corrected chi connectivity index (χ0v) is 22.3. The van der Waals surface area contributed by atoms with E-state index in [2.05, 4.69) is 150 Å². The highest BCUT2D eigenvalue weighted by atomic mass is 15.0. The number of pyridine rings is 1. The quantitative estimate of drug-likeness (QED) is 0.207. The molecular formula is C39H24N2. The number of aromatic nitrogens is 2. The van der Waals surface area contributed by atoms with Crippen LogP contribution in [0.15, 0.2) is 146 Å². The monoisotopic (exact) mass is 520 g/mol. The fraction of sp³-hybridized carbons (Fsp3) is 0. The van der Waals surface area contributed by atoms with Gasteiger partial charge < -0.3 is 0 Å². The molecule has 0 atom stereocenters. The number of benzene rings is 7. The van der Waals surface area contributed by atoms with Crippen LogP contribution in [0.2, 0.25) is 0 Å². The van der Waals surface area contributed by atoms with E-state index in [-0.39, 0.29) is 0 Å². The lowest BCUT2D eigenvalue weighted by Gasteiger charge is -2.15. The molecule has 7 aromatic carbocycles. The number of para-hydroxylation sites is 2. The van der Waals surface area contributed by atoms with Gasteiger partial charge in [-0.15, -0.1) is 0 Å². The van der Waals surface area contributed by atoms with Crippen LogP contribution < -0.4 is 0 Å². The third-order valence-corrected chi connectivity index (χ3v) is 8.56. The van der Waals surface area contributed by atoms with Crippen LogP contribution in [0.25, 0.3) is 82.2 Å². The molecule has 41 heavy (non-hydrogen) atoms. The predicted molar refractivity (Wildman–Crippen MR) is 174 cm³/mol. The molecule has 0 N–H and O–H groups in total. The second kappa shape index (κ2) is 8.51. The van der Waals surface area contributed by atoms with Gasteiger partial charge in [0.05, 0.1) is 16.6 Å². The van der Waals surface area contributed by atoms with Crippen LogP contribution >= 0.6 is 0 Å². The molecule has 0 fully saturated rings. The first-order chi connectivity index (χ1) is 20.3. The Balaban J connectivity index is 1.40. The summed E-state index contributed by atoms with van der Waals surface area (Å²) >= 11 is 0. The number of nitrogens with zero attached hydrogens (tertiary/aromatic N) is 2. The molecule has 2 nitrogen and oxygen atoms in total. The van der Waals surface area contributed by atoms with E-state index in [9.17, 15) is 0 Å². The van der Waals surface area contributed by atoms with E-state index >= 15 is 0 Å². The van der Waals surface area contributed by atoms with Crippen molar-refractivity contribution in [1.82, 2.24) is 9.38 Å².